The topological polar surface area (TPSA) is 88.9 Å². The number of nitrogens with two attached hydrogens (primary N) is 1. The number of carbonyl (C=O) groups excluding carboxylic acids is 2. The molecule has 0 spiro atoms. The fourth-order valence-electron chi connectivity index (χ4n) is 6.60. The van der Waals surface area contributed by atoms with Gasteiger partial charge in [0.2, 0.25) is 5.91 Å². The van der Waals surface area contributed by atoms with Gasteiger partial charge in [0, 0.05) is 74.2 Å². The number of aromatic nitrogens is 1. The number of aromatic amines is 1. The molecule has 2 aliphatic rings. The van der Waals surface area contributed by atoms with Crippen molar-refractivity contribution in [2.75, 3.05) is 63.2 Å². The van der Waals surface area contributed by atoms with Crippen molar-refractivity contribution in [2.24, 2.45) is 11.7 Å². The van der Waals surface area contributed by atoms with Crippen LogP contribution in [0.5, 0.6) is 0 Å². The van der Waals surface area contributed by atoms with Gasteiger partial charge < -0.3 is 30.3 Å². The molecule has 1 saturated heterocycles. The molecule has 4 aromatic rings. The van der Waals surface area contributed by atoms with Crippen molar-refractivity contribution in [1.82, 2.24) is 14.8 Å². The van der Waals surface area contributed by atoms with Crippen molar-refractivity contribution in [3.05, 3.63) is 95.2 Å². The van der Waals surface area contributed by atoms with Crippen LogP contribution in [-0.4, -0.2) is 80.1 Å². The molecule has 8 heteroatoms. The highest BCUT2D eigenvalue weighted by Crippen LogP contribution is 2.31. The third-order valence-electron chi connectivity index (χ3n) is 8.72. The number of piperazine rings is 1. The second-order valence-corrected chi connectivity index (χ2v) is 12.4. The summed E-state index contributed by atoms with van der Waals surface area (Å²) < 4.78 is 0. The van der Waals surface area contributed by atoms with Crippen LogP contribution in [0, 0.1) is 19.8 Å². The molecule has 1 atom stereocenters. The van der Waals surface area contributed by atoms with Crippen LogP contribution in [0.1, 0.15) is 28.7 Å². The zero-order valence-corrected chi connectivity index (χ0v) is 26.6. The molecule has 3 N–H and O–H groups in total. The lowest BCUT2D eigenvalue weighted by molar-refractivity contribution is -0.118. The molecule has 0 radical (unpaired) electrons. The smallest absolute Gasteiger partial charge is 0.314 e. The minimum absolute atomic E-state index is 0.219. The van der Waals surface area contributed by atoms with Crippen LogP contribution in [0.25, 0.3) is 10.9 Å². The first-order valence-electron chi connectivity index (χ1n) is 15.6. The lowest BCUT2D eigenvalue weighted by Gasteiger charge is -2.36. The summed E-state index contributed by atoms with van der Waals surface area (Å²) in [5, 5.41) is 1.22. The SMILES string of the molecule is CN(C)CC1Cc2ccccc2N(C(=O)CCc2c[nH]c3ccccc23)C1.Cc1ccc(N2CCN(C(N)=O)CC2)c(C)c1. The van der Waals surface area contributed by atoms with Crippen LogP contribution in [0.15, 0.2) is 72.9 Å². The number of benzene rings is 3. The Hall–Kier alpha value is -4.30. The van der Waals surface area contributed by atoms with E-state index in [2.05, 4.69) is 91.3 Å². The van der Waals surface area contributed by atoms with E-state index in [4.69, 9.17) is 5.73 Å². The molecule has 2 aliphatic heterocycles. The van der Waals surface area contributed by atoms with Gasteiger partial charge in [-0.1, -0.05) is 54.1 Å². The summed E-state index contributed by atoms with van der Waals surface area (Å²) in [7, 11) is 4.20. The number of hydrogen-bond donors (Lipinski definition) is 2. The molecule has 1 unspecified atom stereocenters. The highest BCUT2D eigenvalue weighted by molar-refractivity contribution is 5.95. The molecule has 3 heterocycles. The molecule has 6 rings (SSSR count). The molecule has 0 saturated carbocycles. The van der Waals surface area contributed by atoms with Crippen molar-refractivity contribution in [2.45, 2.75) is 33.1 Å². The largest absolute Gasteiger partial charge is 0.368 e. The fraction of sp³-hybridized carbons (Fsp3) is 0.389. The number of anilines is 2. The van der Waals surface area contributed by atoms with E-state index in [-0.39, 0.29) is 11.9 Å². The van der Waals surface area contributed by atoms with Crippen molar-refractivity contribution >= 4 is 34.2 Å². The highest BCUT2D eigenvalue weighted by atomic mass is 16.2. The number of H-pyrrole nitrogens is 1. The van der Waals surface area contributed by atoms with Crippen LogP contribution >= 0.6 is 0 Å². The van der Waals surface area contributed by atoms with E-state index in [1.54, 1.807) is 4.90 Å². The first-order valence-corrected chi connectivity index (χ1v) is 15.6. The average Bonchev–Trinajstić information content (AvgIpc) is 3.43. The predicted molar refractivity (Wildman–Crippen MR) is 180 cm³/mol. The molecule has 232 valence electrons. The predicted octanol–water partition coefficient (Wildman–Crippen LogP) is 5.37. The number of aryl methyl sites for hydroxylation is 3. The second kappa shape index (κ2) is 14.0. The van der Waals surface area contributed by atoms with Gasteiger partial charge in [-0.2, -0.15) is 0 Å². The number of nitrogens with zero attached hydrogens (tertiary/aromatic N) is 4. The summed E-state index contributed by atoms with van der Waals surface area (Å²) in [6.07, 6.45) is 4.38. The Morgan fingerprint density at radius 1 is 0.932 bits per heavy atom. The molecular weight excluding hydrogens is 548 g/mol. The van der Waals surface area contributed by atoms with Crippen LogP contribution in [0.4, 0.5) is 16.2 Å². The van der Waals surface area contributed by atoms with Crippen LogP contribution < -0.4 is 15.5 Å². The number of rotatable bonds is 6. The van der Waals surface area contributed by atoms with E-state index in [0.717, 1.165) is 50.2 Å². The maximum Gasteiger partial charge on any atom is 0.314 e. The van der Waals surface area contributed by atoms with Crippen LogP contribution in [0.3, 0.4) is 0 Å². The van der Waals surface area contributed by atoms with Crippen LogP contribution in [-0.2, 0) is 17.6 Å². The van der Waals surface area contributed by atoms with Gasteiger partial charge in [0.1, 0.15) is 0 Å². The van der Waals surface area contributed by atoms with E-state index >= 15 is 0 Å². The zero-order chi connectivity index (χ0) is 31.2. The summed E-state index contributed by atoms with van der Waals surface area (Å²) in [5.41, 5.74) is 13.8. The first-order chi connectivity index (χ1) is 21.2. The van der Waals surface area contributed by atoms with Gasteiger partial charge in [0.05, 0.1) is 0 Å². The summed E-state index contributed by atoms with van der Waals surface area (Å²) in [5.74, 6) is 0.697. The average molecular weight is 595 g/mol. The zero-order valence-electron chi connectivity index (χ0n) is 26.6. The van der Waals surface area contributed by atoms with Gasteiger partial charge in [-0.05, 0) is 81.6 Å². The minimum atomic E-state index is -0.315. The molecule has 1 fully saturated rings. The number of hydrogen-bond acceptors (Lipinski definition) is 4. The summed E-state index contributed by atoms with van der Waals surface area (Å²) in [6, 6.07) is 22.8. The highest BCUT2D eigenvalue weighted by Gasteiger charge is 2.28. The third-order valence-corrected chi connectivity index (χ3v) is 8.72. The van der Waals surface area contributed by atoms with E-state index in [0.29, 0.717) is 25.4 Å². The Morgan fingerprint density at radius 2 is 1.66 bits per heavy atom. The summed E-state index contributed by atoms with van der Waals surface area (Å²) in [4.78, 5) is 35.7. The van der Waals surface area contributed by atoms with Gasteiger partial charge >= 0.3 is 6.03 Å². The fourth-order valence-corrected chi connectivity index (χ4v) is 6.60. The minimum Gasteiger partial charge on any atom is -0.368 e. The van der Waals surface area contributed by atoms with Crippen molar-refractivity contribution < 1.29 is 9.59 Å². The molecule has 3 aromatic carbocycles. The number of primary amides is 1. The van der Waals surface area contributed by atoms with E-state index in [9.17, 15) is 9.59 Å². The van der Waals surface area contributed by atoms with E-state index in [1.807, 2.05) is 29.3 Å². The molecular formula is C36H46N6O2. The molecule has 3 amide bonds. The Balaban J connectivity index is 0.000000195. The van der Waals surface area contributed by atoms with E-state index in [1.165, 1.54) is 33.3 Å². The van der Waals surface area contributed by atoms with Gasteiger partial charge in [-0.15, -0.1) is 0 Å². The first kappa shape index (κ1) is 31.1. The van der Waals surface area contributed by atoms with Gasteiger partial charge in [-0.25, -0.2) is 4.79 Å². The monoisotopic (exact) mass is 594 g/mol. The molecule has 44 heavy (non-hydrogen) atoms. The van der Waals surface area contributed by atoms with Gasteiger partial charge in [0.25, 0.3) is 0 Å². The normalized spacial score (nSPS) is 16.5. The number of urea groups is 1. The van der Waals surface area contributed by atoms with E-state index < -0.39 is 0 Å². The number of amides is 3. The molecule has 0 aliphatic carbocycles. The molecule has 1 aromatic heterocycles. The third kappa shape index (κ3) is 7.42. The maximum absolute atomic E-state index is 13.1. The Kier molecular flexibility index (Phi) is 9.90. The number of carbonyl (C=O) groups is 2. The Labute approximate surface area is 261 Å². The van der Waals surface area contributed by atoms with Crippen molar-refractivity contribution in [3.8, 4) is 0 Å². The molecule has 8 nitrogen and oxygen atoms in total. The maximum atomic E-state index is 13.1. The summed E-state index contributed by atoms with van der Waals surface area (Å²) >= 11 is 0. The van der Waals surface area contributed by atoms with Crippen molar-refractivity contribution in [3.63, 3.8) is 0 Å². The lowest BCUT2D eigenvalue weighted by atomic mass is 9.91. The Morgan fingerprint density at radius 3 is 2.39 bits per heavy atom. The van der Waals surface area contributed by atoms with Crippen LogP contribution in [0.2, 0.25) is 0 Å². The lowest BCUT2D eigenvalue weighted by Crippen LogP contribution is -2.50. The number of fused-ring (bicyclic) bond motifs is 2. The van der Waals surface area contributed by atoms with Gasteiger partial charge in [0.15, 0.2) is 0 Å². The number of nitrogens with one attached hydrogen (secondary N) is 1. The van der Waals surface area contributed by atoms with Gasteiger partial charge in [-0.3, -0.25) is 4.79 Å². The quantitative estimate of drug-likeness (QED) is 0.314. The van der Waals surface area contributed by atoms with Crippen molar-refractivity contribution in [1.29, 1.82) is 0 Å². The molecule has 0 bridgehead atoms. The standard InChI is InChI=1S/C23H27N3O.C13H19N3O/c1-25(2)15-17-13-18-7-3-6-10-22(18)26(16-17)23(27)12-11-19-14-24-21-9-5-4-8-20(19)21;1-10-3-4-12(11(2)9-10)15-5-7-16(8-6-15)13(14)17/h3-10,14,17,24H,11-13,15-16H2,1-2H3;3-4,9H,5-8H2,1-2H3,(H2,14,17). The summed E-state index contributed by atoms with van der Waals surface area (Å²) in [6.45, 7) is 9.16. The number of para-hydroxylation sites is 2. The second-order valence-electron chi connectivity index (χ2n) is 12.4. The Bertz CT molecular complexity index is 1590.